The van der Waals surface area contributed by atoms with Crippen LogP contribution in [0.5, 0.6) is 0 Å². The van der Waals surface area contributed by atoms with Gasteiger partial charge in [0.15, 0.2) is 5.84 Å². The predicted molar refractivity (Wildman–Crippen MR) is 150 cm³/mol. The Kier molecular flexibility index (Phi) is 7.70. The summed E-state index contributed by atoms with van der Waals surface area (Å²) >= 11 is 13.0. The first-order valence-electron chi connectivity index (χ1n) is 13.4. The number of hydrogen-bond donors (Lipinski definition) is 1. The van der Waals surface area contributed by atoms with Gasteiger partial charge >= 0.3 is 0 Å². The van der Waals surface area contributed by atoms with Crippen LogP contribution in [0.4, 0.5) is 10.1 Å². The number of anilines is 1. The minimum absolute atomic E-state index is 0.0216. The molecule has 3 aromatic rings. The summed E-state index contributed by atoms with van der Waals surface area (Å²) in [6, 6.07) is 10.8. The fraction of sp³-hybridized carbons (Fsp3) is 0.414. The number of rotatable bonds is 9. The predicted octanol–water partition coefficient (Wildman–Crippen LogP) is 6.44. The number of nitrogens with one attached hydrogen (secondary N) is 1. The third-order valence-electron chi connectivity index (χ3n) is 8.00. The molecule has 1 aliphatic carbocycles. The number of fused-ring (bicyclic) bond motifs is 2. The van der Waals surface area contributed by atoms with Crippen molar-refractivity contribution in [3.8, 4) is 11.3 Å². The summed E-state index contributed by atoms with van der Waals surface area (Å²) in [4.78, 5) is 17.9. The molecule has 0 radical (unpaired) electrons. The molecule has 2 aliphatic heterocycles. The maximum atomic E-state index is 15.1. The van der Waals surface area contributed by atoms with Crippen LogP contribution >= 0.6 is 23.2 Å². The lowest BCUT2D eigenvalue weighted by molar-refractivity contribution is -0.108. The van der Waals surface area contributed by atoms with E-state index in [0.29, 0.717) is 40.2 Å². The van der Waals surface area contributed by atoms with Crippen LogP contribution in [-0.4, -0.2) is 42.7 Å². The van der Waals surface area contributed by atoms with E-state index in [1.54, 1.807) is 18.2 Å². The molecule has 2 aromatic carbocycles. The Morgan fingerprint density at radius 3 is 2.52 bits per heavy atom. The number of halogens is 3. The molecule has 3 aliphatic rings. The van der Waals surface area contributed by atoms with Crippen molar-refractivity contribution in [2.45, 2.75) is 69.2 Å². The summed E-state index contributed by atoms with van der Waals surface area (Å²) in [6.07, 6.45) is 6.31. The number of piperidine rings is 1. The highest BCUT2D eigenvalue weighted by atomic mass is 35.5. The SMILES string of the molecule is CO/N=C(\NC=O)c1ccc(N2C3CCC2CC(OCc2c(-c4c(Cl)cccc4Cl)noc2C2CC2)C3)cc1F. The number of carbonyl (C=O) groups is 1. The van der Waals surface area contributed by atoms with Crippen molar-refractivity contribution >= 4 is 41.1 Å². The third-order valence-corrected chi connectivity index (χ3v) is 8.63. The van der Waals surface area contributed by atoms with Crippen molar-refractivity contribution in [2.24, 2.45) is 5.16 Å². The average Bonchev–Trinajstić information content (AvgIpc) is 3.64. The molecule has 6 rings (SSSR count). The van der Waals surface area contributed by atoms with Gasteiger partial charge in [0.25, 0.3) is 0 Å². The first-order chi connectivity index (χ1) is 19.5. The molecule has 1 saturated carbocycles. The molecule has 1 aromatic heterocycles. The Bertz CT molecular complexity index is 1410. The van der Waals surface area contributed by atoms with Gasteiger partial charge < -0.3 is 24.3 Å². The lowest BCUT2D eigenvalue weighted by Crippen LogP contribution is -2.45. The Hall–Kier alpha value is -3.14. The molecule has 1 N–H and O–H groups in total. The zero-order valence-corrected chi connectivity index (χ0v) is 23.4. The molecule has 40 heavy (non-hydrogen) atoms. The van der Waals surface area contributed by atoms with Crippen molar-refractivity contribution < 1.29 is 23.3 Å². The smallest absolute Gasteiger partial charge is 0.212 e. The number of hydrogen-bond acceptors (Lipinski definition) is 7. The minimum Gasteiger partial charge on any atom is -0.397 e. The Morgan fingerprint density at radius 2 is 1.90 bits per heavy atom. The molecule has 3 heterocycles. The number of nitrogens with zero attached hydrogens (tertiary/aromatic N) is 3. The first kappa shape index (κ1) is 27.1. The van der Waals surface area contributed by atoms with Crippen LogP contribution in [0.3, 0.4) is 0 Å². The normalized spacial score (nSPS) is 22.4. The summed E-state index contributed by atoms with van der Waals surface area (Å²) in [6.45, 7) is 0.366. The molecule has 11 heteroatoms. The van der Waals surface area contributed by atoms with Gasteiger partial charge in [0, 0.05) is 34.8 Å². The number of benzene rings is 2. The number of oxime groups is 1. The molecule has 2 unspecified atom stereocenters. The van der Waals surface area contributed by atoms with Crippen LogP contribution in [-0.2, 0) is 21.0 Å². The largest absolute Gasteiger partial charge is 0.397 e. The van der Waals surface area contributed by atoms with Crippen LogP contribution in [0.25, 0.3) is 11.3 Å². The molecule has 210 valence electrons. The highest BCUT2D eigenvalue weighted by Gasteiger charge is 2.42. The number of carbonyl (C=O) groups excluding carboxylic acids is 1. The lowest BCUT2D eigenvalue weighted by atomic mass is 9.98. The fourth-order valence-electron chi connectivity index (χ4n) is 6.09. The summed E-state index contributed by atoms with van der Waals surface area (Å²) in [5.74, 6) is 0.759. The van der Waals surface area contributed by atoms with E-state index in [4.69, 9.17) is 37.3 Å². The van der Waals surface area contributed by atoms with Crippen molar-refractivity contribution in [1.82, 2.24) is 10.5 Å². The van der Waals surface area contributed by atoms with Gasteiger partial charge in [-0.05, 0) is 68.9 Å². The van der Waals surface area contributed by atoms with Crippen molar-refractivity contribution in [2.75, 3.05) is 12.0 Å². The lowest BCUT2D eigenvalue weighted by Gasteiger charge is -2.40. The van der Waals surface area contributed by atoms with Crippen LogP contribution in [0.15, 0.2) is 46.1 Å². The number of amides is 1. The minimum atomic E-state index is -0.480. The van der Waals surface area contributed by atoms with Gasteiger partial charge in [0.1, 0.15) is 24.4 Å². The van der Waals surface area contributed by atoms with Gasteiger partial charge in [-0.15, -0.1) is 0 Å². The summed E-state index contributed by atoms with van der Waals surface area (Å²) in [5, 5.41) is 11.5. The van der Waals surface area contributed by atoms with E-state index in [1.165, 1.54) is 13.2 Å². The molecule has 0 spiro atoms. The molecule has 8 nitrogen and oxygen atoms in total. The van der Waals surface area contributed by atoms with Crippen LogP contribution in [0, 0.1) is 5.82 Å². The van der Waals surface area contributed by atoms with Crippen molar-refractivity contribution in [3.63, 3.8) is 0 Å². The summed E-state index contributed by atoms with van der Waals surface area (Å²) in [7, 11) is 1.34. The zero-order chi connectivity index (χ0) is 27.8. The Labute approximate surface area is 241 Å². The topological polar surface area (TPSA) is 89.2 Å². The van der Waals surface area contributed by atoms with Gasteiger partial charge in [-0.3, -0.25) is 4.79 Å². The highest BCUT2D eigenvalue weighted by Crippen LogP contribution is 2.47. The molecular formula is C29H29Cl2FN4O4. The Morgan fingerprint density at radius 1 is 1.18 bits per heavy atom. The molecule has 1 amide bonds. The second-order valence-corrected chi connectivity index (χ2v) is 11.3. The molecule has 2 bridgehead atoms. The number of amidine groups is 1. The van der Waals surface area contributed by atoms with Crippen LogP contribution in [0.2, 0.25) is 10.0 Å². The first-order valence-corrected chi connectivity index (χ1v) is 14.2. The molecular weight excluding hydrogens is 558 g/mol. The van der Waals surface area contributed by atoms with E-state index in [2.05, 4.69) is 20.5 Å². The number of ether oxygens (including phenoxy) is 1. The summed E-state index contributed by atoms with van der Waals surface area (Å²) in [5.41, 5.74) is 3.21. The van der Waals surface area contributed by atoms with Crippen LogP contribution in [0.1, 0.15) is 61.3 Å². The van der Waals surface area contributed by atoms with E-state index >= 15 is 4.39 Å². The third kappa shape index (κ3) is 5.18. The maximum Gasteiger partial charge on any atom is 0.212 e. The van der Waals surface area contributed by atoms with Gasteiger partial charge in [-0.25, -0.2) is 4.39 Å². The fourth-order valence-corrected chi connectivity index (χ4v) is 6.67. The Balaban J connectivity index is 1.18. The monoisotopic (exact) mass is 586 g/mol. The van der Waals surface area contributed by atoms with E-state index < -0.39 is 5.82 Å². The standard InChI is InChI=1S/C29H29Cl2FN4O4/c1-38-35-29(33-15-37)21-10-9-19(13-25(21)32)36-17-7-8-18(36)12-20(11-17)39-14-22-27(34-40-28(22)16-5-6-16)26-23(30)3-2-4-24(26)31/h2-4,9-10,13,15-18,20H,5-8,11-12,14H2,1H3,(H,33,35,37). The van der Waals surface area contributed by atoms with E-state index in [0.717, 1.165) is 55.5 Å². The second-order valence-electron chi connectivity index (χ2n) is 10.5. The quantitative estimate of drug-likeness (QED) is 0.134. The molecule has 2 atom stereocenters. The van der Waals surface area contributed by atoms with Crippen LogP contribution < -0.4 is 10.2 Å². The van der Waals surface area contributed by atoms with Crippen molar-refractivity contribution in [1.29, 1.82) is 0 Å². The van der Waals surface area contributed by atoms with Crippen molar-refractivity contribution in [3.05, 3.63) is 69.1 Å². The number of aromatic nitrogens is 1. The molecule has 2 saturated heterocycles. The van der Waals surface area contributed by atoms with Gasteiger partial charge in [-0.1, -0.05) is 39.6 Å². The van der Waals surface area contributed by atoms with Gasteiger partial charge in [-0.2, -0.15) is 0 Å². The average molecular weight is 587 g/mol. The second kappa shape index (κ2) is 11.4. The molecule has 3 fully saturated rings. The highest BCUT2D eigenvalue weighted by molar-refractivity contribution is 6.39. The summed E-state index contributed by atoms with van der Waals surface area (Å²) < 4.78 is 27.4. The maximum absolute atomic E-state index is 15.1. The van der Waals surface area contributed by atoms with E-state index in [-0.39, 0.29) is 29.6 Å². The van der Waals surface area contributed by atoms with E-state index in [1.807, 2.05) is 12.1 Å². The van der Waals surface area contributed by atoms with E-state index in [9.17, 15) is 4.79 Å². The van der Waals surface area contributed by atoms with Gasteiger partial charge in [0.2, 0.25) is 6.41 Å². The van der Waals surface area contributed by atoms with Gasteiger partial charge in [0.05, 0.1) is 28.3 Å². The zero-order valence-electron chi connectivity index (χ0n) is 21.9.